The highest BCUT2D eigenvalue weighted by molar-refractivity contribution is 5.92. The predicted octanol–water partition coefficient (Wildman–Crippen LogP) is 8.23. The van der Waals surface area contributed by atoms with Crippen molar-refractivity contribution in [3.8, 4) is 0 Å². The first-order chi connectivity index (χ1) is 21.8. The molecule has 5 aliphatic rings. The molecule has 48 heavy (non-hydrogen) atoms. The van der Waals surface area contributed by atoms with Gasteiger partial charge in [-0.05, 0) is 126 Å². The Bertz CT molecular complexity index is 1400. The lowest BCUT2D eigenvalue weighted by Crippen LogP contribution is -2.65. The monoisotopic (exact) mass is 668 g/mol. The van der Waals surface area contributed by atoms with E-state index in [4.69, 9.17) is 4.74 Å². The maximum absolute atomic E-state index is 13.9. The lowest BCUT2D eigenvalue weighted by molar-refractivity contribution is -0.214. The number of rotatable bonds is 6. The van der Waals surface area contributed by atoms with Crippen LogP contribution < -0.4 is 10.6 Å². The number of aliphatic carboxylic acids is 1. The molecule has 8 heteroatoms. The summed E-state index contributed by atoms with van der Waals surface area (Å²) >= 11 is 0. The fraction of sp³-hybridized carbons (Fsp3) is 0.850. The SMILES string of the molecule is CC(C)C1C(=O)C[C@]2(NC(=O)NC(C)(C)C)CC[C@]3(C)C(=C12)CCC1[C@@]2(C)CC[C@H](OC(=O)CC(C)(C)C(=O)O)C(C)(C)C2CC[C@]13C. The maximum Gasteiger partial charge on any atom is 0.315 e. The summed E-state index contributed by atoms with van der Waals surface area (Å²) in [7, 11) is 0. The van der Waals surface area contributed by atoms with Gasteiger partial charge in [0.1, 0.15) is 11.9 Å². The standard InChI is InChI=1S/C40H64N2O6/c1-23(2)30-25(43)21-40(42-33(47)41-34(3,4)5)20-19-38(11)24(31(30)40)13-14-27-37(10)17-16-28(48-29(44)22-35(6,7)32(45)46)36(8,9)26(37)15-18-39(27,38)12/h23,26-28,30H,13-22H2,1-12H3,(H,45,46)(H2,41,42,47)/t26?,27?,28-,30?,37-,38+,39+,40+/m0/s1. The molecule has 4 saturated carbocycles. The van der Waals surface area contributed by atoms with Crippen LogP contribution in [0, 0.1) is 50.7 Å². The Balaban J connectivity index is 1.48. The first kappa shape index (κ1) is 36.9. The van der Waals surface area contributed by atoms with E-state index in [0.717, 1.165) is 51.4 Å². The third-order valence-electron chi connectivity index (χ3n) is 14.6. The highest BCUT2D eigenvalue weighted by Crippen LogP contribution is 2.75. The molecule has 8 atom stereocenters. The zero-order valence-electron chi connectivity index (χ0n) is 31.9. The molecule has 0 aromatic rings. The van der Waals surface area contributed by atoms with Crippen LogP contribution in [0.5, 0.6) is 0 Å². The van der Waals surface area contributed by atoms with Crippen LogP contribution in [0.1, 0.15) is 147 Å². The van der Waals surface area contributed by atoms with E-state index in [0.29, 0.717) is 18.3 Å². The van der Waals surface area contributed by atoms with Crippen LogP contribution in [0.2, 0.25) is 0 Å². The van der Waals surface area contributed by atoms with Gasteiger partial charge < -0.3 is 20.5 Å². The molecule has 3 N–H and O–H groups in total. The summed E-state index contributed by atoms with van der Waals surface area (Å²) < 4.78 is 6.14. The first-order valence-electron chi connectivity index (χ1n) is 18.6. The summed E-state index contributed by atoms with van der Waals surface area (Å²) in [5, 5.41) is 16.1. The van der Waals surface area contributed by atoms with E-state index in [1.165, 1.54) is 11.1 Å². The first-order valence-corrected chi connectivity index (χ1v) is 18.6. The van der Waals surface area contributed by atoms with E-state index < -0.39 is 22.9 Å². The van der Waals surface area contributed by atoms with Crippen LogP contribution in [-0.4, -0.2) is 46.0 Å². The minimum atomic E-state index is -1.16. The molecule has 8 nitrogen and oxygen atoms in total. The van der Waals surface area contributed by atoms with Crippen molar-refractivity contribution >= 4 is 23.8 Å². The second-order valence-corrected chi connectivity index (χ2v) is 19.8. The van der Waals surface area contributed by atoms with Crippen molar-refractivity contribution in [2.24, 2.45) is 50.7 Å². The second-order valence-electron chi connectivity index (χ2n) is 19.8. The number of urea groups is 1. The normalized spacial score (nSPS) is 39.1. The Morgan fingerprint density at radius 3 is 2.15 bits per heavy atom. The molecule has 0 heterocycles. The van der Waals surface area contributed by atoms with Crippen molar-refractivity contribution in [3.05, 3.63) is 11.1 Å². The minimum Gasteiger partial charge on any atom is -0.481 e. The van der Waals surface area contributed by atoms with Gasteiger partial charge in [-0.3, -0.25) is 14.4 Å². The van der Waals surface area contributed by atoms with E-state index in [9.17, 15) is 24.3 Å². The van der Waals surface area contributed by atoms with Gasteiger partial charge in [-0.1, -0.05) is 54.0 Å². The van der Waals surface area contributed by atoms with Crippen LogP contribution in [0.3, 0.4) is 0 Å². The highest BCUT2D eigenvalue weighted by Gasteiger charge is 2.69. The average molecular weight is 669 g/mol. The number of hydrogen-bond acceptors (Lipinski definition) is 5. The molecule has 0 bridgehead atoms. The van der Waals surface area contributed by atoms with Crippen LogP contribution in [0.15, 0.2) is 11.1 Å². The number of ketones is 1. The molecule has 0 aliphatic heterocycles. The maximum atomic E-state index is 13.9. The number of nitrogens with one attached hydrogen (secondary N) is 2. The van der Waals surface area contributed by atoms with E-state index in [1.54, 1.807) is 13.8 Å². The van der Waals surface area contributed by atoms with Crippen molar-refractivity contribution in [2.45, 2.75) is 164 Å². The second kappa shape index (κ2) is 11.6. The number of carbonyl (C=O) groups is 4. The molecule has 3 unspecified atom stereocenters. The summed E-state index contributed by atoms with van der Waals surface area (Å²) in [6.45, 7) is 25.4. The zero-order valence-corrected chi connectivity index (χ0v) is 31.9. The van der Waals surface area contributed by atoms with Gasteiger partial charge in [-0.25, -0.2) is 4.79 Å². The summed E-state index contributed by atoms with van der Waals surface area (Å²) in [6, 6.07) is -0.194. The topological polar surface area (TPSA) is 122 Å². The van der Waals surface area contributed by atoms with Gasteiger partial charge in [-0.2, -0.15) is 0 Å². The predicted molar refractivity (Wildman–Crippen MR) is 187 cm³/mol. The molecule has 5 aliphatic carbocycles. The molecule has 0 aromatic heterocycles. The van der Waals surface area contributed by atoms with E-state index >= 15 is 0 Å². The summed E-state index contributed by atoms with van der Waals surface area (Å²) in [4.78, 5) is 52.0. The molecule has 2 amide bonds. The summed E-state index contributed by atoms with van der Waals surface area (Å²) in [6.07, 6.45) is 7.54. The number of carboxylic acids is 1. The number of ether oxygens (including phenoxy) is 1. The fourth-order valence-electron chi connectivity index (χ4n) is 12.1. The molecular formula is C40H64N2O6. The summed E-state index contributed by atoms with van der Waals surface area (Å²) in [5.41, 5.74) is 0.255. The third-order valence-corrected chi connectivity index (χ3v) is 14.6. The Labute approximate surface area is 289 Å². The van der Waals surface area contributed by atoms with Crippen molar-refractivity contribution in [2.75, 3.05) is 0 Å². The smallest absolute Gasteiger partial charge is 0.315 e. The lowest BCUT2D eigenvalue weighted by atomic mass is 9.34. The largest absolute Gasteiger partial charge is 0.481 e. The Morgan fingerprint density at radius 1 is 0.917 bits per heavy atom. The number of carboxylic acid groups (broad SMARTS) is 1. The molecule has 4 fully saturated rings. The zero-order chi connectivity index (χ0) is 36.0. The quantitative estimate of drug-likeness (QED) is 0.194. The minimum absolute atomic E-state index is 0.0247. The highest BCUT2D eigenvalue weighted by atomic mass is 16.5. The number of amides is 2. The molecular weight excluding hydrogens is 604 g/mol. The molecule has 0 radical (unpaired) electrons. The van der Waals surface area contributed by atoms with E-state index in [1.807, 2.05) is 20.8 Å². The number of hydrogen-bond donors (Lipinski definition) is 3. The van der Waals surface area contributed by atoms with Crippen LogP contribution >= 0.6 is 0 Å². The lowest BCUT2D eigenvalue weighted by Gasteiger charge is -2.70. The van der Waals surface area contributed by atoms with Crippen LogP contribution in [-0.2, 0) is 19.1 Å². The van der Waals surface area contributed by atoms with Gasteiger partial charge in [0.15, 0.2) is 0 Å². The van der Waals surface area contributed by atoms with Gasteiger partial charge in [0.25, 0.3) is 0 Å². The third kappa shape index (κ3) is 5.63. The van der Waals surface area contributed by atoms with Crippen molar-refractivity contribution in [1.82, 2.24) is 10.6 Å². The van der Waals surface area contributed by atoms with E-state index in [-0.39, 0.29) is 63.4 Å². The number of carbonyl (C=O) groups excluding carboxylic acids is 3. The average Bonchev–Trinajstić information content (AvgIpc) is 3.21. The van der Waals surface area contributed by atoms with Gasteiger partial charge in [0.05, 0.1) is 17.4 Å². The van der Waals surface area contributed by atoms with Gasteiger partial charge in [0.2, 0.25) is 0 Å². The van der Waals surface area contributed by atoms with Crippen molar-refractivity contribution in [1.29, 1.82) is 0 Å². The molecule has 0 aromatic carbocycles. The molecule has 0 saturated heterocycles. The van der Waals surface area contributed by atoms with E-state index in [2.05, 4.69) is 59.1 Å². The van der Waals surface area contributed by atoms with Crippen LogP contribution in [0.4, 0.5) is 4.79 Å². The number of Topliss-reactive ketones (excluding diaryl/α,β-unsaturated/α-hetero) is 1. The summed E-state index contributed by atoms with van der Waals surface area (Å²) in [5.74, 6) is -0.329. The van der Waals surface area contributed by atoms with Crippen molar-refractivity contribution < 1.29 is 29.0 Å². The Hall–Kier alpha value is -2.38. The molecule has 0 spiro atoms. The number of fused-ring (bicyclic) bond motifs is 6. The number of esters is 1. The number of allylic oxidation sites excluding steroid dienone is 1. The van der Waals surface area contributed by atoms with Crippen LogP contribution in [0.25, 0.3) is 0 Å². The fourth-order valence-corrected chi connectivity index (χ4v) is 12.1. The van der Waals surface area contributed by atoms with Gasteiger partial charge in [-0.15, -0.1) is 0 Å². The van der Waals surface area contributed by atoms with Crippen molar-refractivity contribution in [3.63, 3.8) is 0 Å². The molecule has 5 rings (SSSR count). The Kier molecular flexibility index (Phi) is 8.90. The van der Waals surface area contributed by atoms with Gasteiger partial charge >= 0.3 is 18.0 Å². The molecule has 270 valence electrons. The van der Waals surface area contributed by atoms with Gasteiger partial charge in [0, 0.05) is 23.3 Å². The Morgan fingerprint density at radius 2 is 1.56 bits per heavy atom.